The van der Waals surface area contributed by atoms with Crippen molar-refractivity contribution in [3.8, 4) is 11.5 Å². The second-order valence-electron chi connectivity index (χ2n) is 3.78. The Hall–Kier alpha value is -2.04. The number of ether oxygens (including phenoxy) is 1. The topological polar surface area (TPSA) is 51.2 Å². The lowest BCUT2D eigenvalue weighted by molar-refractivity contribution is -0.111. The van der Waals surface area contributed by atoms with E-state index < -0.39 is 0 Å². The Morgan fingerprint density at radius 3 is 2.70 bits per heavy atom. The number of rotatable bonds is 4. The van der Waals surface area contributed by atoms with Crippen LogP contribution in [0.15, 0.2) is 49.3 Å². The number of pyridine rings is 1. The minimum absolute atomic E-state index is 0.321. The van der Waals surface area contributed by atoms with Gasteiger partial charge in [-0.05, 0) is 18.2 Å². The summed E-state index contributed by atoms with van der Waals surface area (Å²) in [6, 6.07) is 6.55. The smallest absolute Gasteiger partial charge is 0.247 e. The largest absolute Gasteiger partial charge is 0.456 e. The predicted molar refractivity (Wildman–Crippen MR) is 79.6 cm³/mol. The van der Waals surface area contributed by atoms with Gasteiger partial charge in [0.05, 0.1) is 28.1 Å². The van der Waals surface area contributed by atoms with Gasteiger partial charge in [0.15, 0.2) is 0 Å². The maximum absolute atomic E-state index is 11.2. The van der Waals surface area contributed by atoms with Crippen LogP contribution in [0.2, 0.25) is 10.0 Å². The van der Waals surface area contributed by atoms with Crippen LogP contribution in [0, 0.1) is 0 Å². The molecule has 0 aliphatic rings. The molecule has 6 heteroatoms. The molecule has 1 N–H and O–H groups in total. The number of amides is 1. The normalized spacial score (nSPS) is 9.90. The van der Waals surface area contributed by atoms with Crippen LogP contribution in [-0.2, 0) is 4.79 Å². The molecular formula is C14H10Cl2N2O2. The Bertz CT molecular complexity index is 659. The van der Waals surface area contributed by atoms with Crippen LogP contribution in [0.1, 0.15) is 0 Å². The Balaban J connectivity index is 2.16. The van der Waals surface area contributed by atoms with Gasteiger partial charge in [0.25, 0.3) is 0 Å². The van der Waals surface area contributed by atoms with Crippen molar-refractivity contribution in [1.29, 1.82) is 0 Å². The summed E-state index contributed by atoms with van der Waals surface area (Å²) in [6.45, 7) is 3.37. The summed E-state index contributed by atoms with van der Waals surface area (Å²) in [4.78, 5) is 15.2. The quantitative estimate of drug-likeness (QED) is 0.856. The minimum Gasteiger partial charge on any atom is -0.456 e. The number of anilines is 1. The Kier molecular flexibility index (Phi) is 4.61. The van der Waals surface area contributed by atoms with E-state index in [1.54, 1.807) is 24.3 Å². The number of carbonyl (C=O) groups excluding carboxylic acids is 1. The number of benzene rings is 1. The van der Waals surface area contributed by atoms with Gasteiger partial charge >= 0.3 is 0 Å². The van der Waals surface area contributed by atoms with Crippen molar-refractivity contribution in [3.63, 3.8) is 0 Å². The fourth-order valence-corrected chi connectivity index (χ4v) is 1.70. The van der Waals surface area contributed by atoms with E-state index >= 15 is 0 Å². The van der Waals surface area contributed by atoms with Crippen molar-refractivity contribution in [1.82, 2.24) is 4.98 Å². The number of halogens is 2. The summed E-state index contributed by atoms with van der Waals surface area (Å²) in [5, 5.41) is 3.44. The second kappa shape index (κ2) is 6.41. The minimum atomic E-state index is -0.321. The van der Waals surface area contributed by atoms with Gasteiger partial charge in [0.2, 0.25) is 5.91 Å². The Labute approximate surface area is 126 Å². The summed E-state index contributed by atoms with van der Waals surface area (Å²) in [6.07, 6.45) is 4.20. The first-order valence-electron chi connectivity index (χ1n) is 5.60. The van der Waals surface area contributed by atoms with E-state index in [9.17, 15) is 4.79 Å². The molecule has 0 saturated carbocycles. The zero-order valence-electron chi connectivity index (χ0n) is 10.3. The monoisotopic (exact) mass is 308 g/mol. The fourth-order valence-electron chi connectivity index (χ4n) is 1.41. The molecule has 0 radical (unpaired) electrons. The average molecular weight is 309 g/mol. The third-order valence-electron chi connectivity index (χ3n) is 2.29. The lowest BCUT2D eigenvalue weighted by Crippen LogP contribution is -2.07. The van der Waals surface area contributed by atoms with Gasteiger partial charge in [-0.2, -0.15) is 0 Å². The van der Waals surface area contributed by atoms with Crippen LogP contribution < -0.4 is 10.1 Å². The van der Waals surface area contributed by atoms with E-state index in [1.807, 2.05) is 0 Å². The third kappa shape index (κ3) is 3.73. The van der Waals surface area contributed by atoms with E-state index in [0.717, 1.165) is 0 Å². The summed E-state index contributed by atoms with van der Waals surface area (Å²) < 4.78 is 5.59. The van der Waals surface area contributed by atoms with Gasteiger partial charge in [-0.15, -0.1) is 0 Å². The Morgan fingerprint density at radius 2 is 2.00 bits per heavy atom. The van der Waals surface area contributed by atoms with Crippen LogP contribution in [0.5, 0.6) is 11.5 Å². The summed E-state index contributed by atoms with van der Waals surface area (Å²) in [5.41, 5.74) is 0.507. The van der Waals surface area contributed by atoms with E-state index in [1.165, 1.54) is 18.5 Å². The molecule has 1 aromatic carbocycles. The number of hydrogen-bond donors (Lipinski definition) is 1. The standard InChI is InChI=1S/C14H10Cl2N2O2/c1-2-14(19)18-9-5-11(8-17-7-9)20-10-3-4-12(15)13(16)6-10/h2-8H,1H2,(H,18,19). The van der Waals surface area contributed by atoms with Crippen molar-refractivity contribution in [2.24, 2.45) is 0 Å². The number of nitrogens with zero attached hydrogens (tertiary/aromatic N) is 1. The molecule has 0 spiro atoms. The first-order valence-corrected chi connectivity index (χ1v) is 6.35. The summed E-state index contributed by atoms with van der Waals surface area (Å²) in [5.74, 6) is 0.664. The maximum atomic E-state index is 11.2. The first kappa shape index (κ1) is 14.4. The molecule has 102 valence electrons. The molecule has 1 aromatic heterocycles. The molecule has 4 nitrogen and oxygen atoms in total. The summed E-state index contributed by atoms with van der Waals surface area (Å²) in [7, 11) is 0. The lowest BCUT2D eigenvalue weighted by Gasteiger charge is -2.08. The Morgan fingerprint density at radius 1 is 1.20 bits per heavy atom. The molecule has 0 aliphatic carbocycles. The van der Waals surface area contributed by atoms with Gasteiger partial charge in [0, 0.05) is 12.1 Å². The second-order valence-corrected chi connectivity index (χ2v) is 4.60. The van der Waals surface area contributed by atoms with Crippen LogP contribution >= 0.6 is 23.2 Å². The highest BCUT2D eigenvalue weighted by molar-refractivity contribution is 6.42. The van der Waals surface area contributed by atoms with Crippen LogP contribution in [0.25, 0.3) is 0 Å². The zero-order chi connectivity index (χ0) is 14.5. The molecule has 0 unspecified atom stereocenters. The number of carbonyl (C=O) groups is 1. The predicted octanol–water partition coefficient (Wildman–Crippen LogP) is 4.31. The molecule has 1 heterocycles. The molecule has 0 saturated heterocycles. The van der Waals surface area contributed by atoms with Gasteiger partial charge in [0.1, 0.15) is 11.5 Å². The van der Waals surface area contributed by atoms with Gasteiger partial charge in [-0.1, -0.05) is 29.8 Å². The van der Waals surface area contributed by atoms with Crippen LogP contribution in [0.4, 0.5) is 5.69 Å². The molecule has 20 heavy (non-hydrogen) atoms. The molecule has 0 bridgehead atoms. The molecule has 2 aromatic rings. The van der Waals surface area contributed by atoms with Crippen molar-refractivity contribution in [3.05, 3.63) is 59.4 Å². The molecule has 0 aliphatic heterocycles. The van der Waals surface area contributed by atoms with E-state index in [4.69, 9.17) is 27.9 Å². The number of aromatic nitrogens is 1. The highest BCUT2D eigenvalue weighted by Crippen LogP contribution is 2.29. The van der Waals surface area contributed by atoms with Crippen molar-refractivity contribution >= 4 is 34.8 Å². The molecule has 0 fully saturated rings. The number of nitrogens with one attached hydrogen (secondary N) is 1. The van der Waals surface area contributed by atoms with Gasteiger partial charge in [-0.3, -0.25) is 9.78 Å². The molecule has 2 rings (SSSR count). The van der Waals surface area contributed by atoms with Crippen LogP contribution in [0.3, 0.4) is 0 Å². The van der Waals surface area contributed by atoms with E-state index in [-0.39, 0.29) is 5.91 Å². The first-order chi connectivity index (χ1) is 9.58. The molecule has 0 atom stereocenters. The lowest BCUT2D eigenvalue weighted by atomic mass is 10.3. The van der Waals surface area contributed by atoms with Crippen molar-refractivity contribution in [2.45, 2.75) is 0 Å². The van der Waals surface area contributed by atoms with Gasteiger partial charge in [-0.25, -0.2) is 0 Å². The number of hydrogen-bond acceptors (Lipinski definition) is 3. The van der Waals surface area contributed by atoms with Crippen LogP contribution in [-0.4, -0.2) is 10.9 Å². The van der Waals surface area contributed by atoms with E-state index in [0.29, 0.717) is 27.2 Å². The van der Waals surface area contributed by atoms with E-state index in [2.05, 4.69) is 16.9 Å². The highest BCUT2D eigenvalue weighted by Gasteiger charge is 2.04. The average Bonchev–Trinajstić information content (AvgIpc) is 2.43. The zero-order valence-corrected chi connectivity index (χ0v) is 11.8. The van der Waals surface area contributed by atoms with Gasteiger partial charge < -0.3 is 10.1 Å². The molecular weight excluding hydrogens is 299 g/mol. The van der Waals surface area contributed by atoms with Crippen molar-refractivity contribution < 1.29 is 9.53 Å². The highest BCUT2D eigenvalue weighted by atomic mass is 35.5. The summed E-state index contributed by atoms with van der Waals surface area (Å²) >= 11 is 11.7. The van der Waals surface area contributed by atoms with Crippen molar-refractivity contribution in [2.75, 3.05) is 5.32 Å². The SMILES string of the molecule is C=CC(=O)Nc1cncc(Oc2ccc(Cl)c(Cl)c2)c1. The molecule has 1 amide bonds. The fraction of sp³-hybridized carbons (Fsp3) is 0. The maximum Gasteiger partial charge on any atom is 0.247 e. The third-order valence-corrected chi connectivity index (χ3v) is 3.03.